The lowest BCUT2D eigenvalue weighted by Gasteiger charge is -2.23. The third-order valence-corrected chi connectivity index (χ3v) is 3.05. The average Bonchev–Trinajstić information content (AvgIpc) is 2.26. The molecule has 0 spiro atoms. The molecule has 1 heterocycles. The Hall–Kier alpha value is -1.37. The molecule has 1 aromatic heterocycles. The number of rotatable bonds is 1. The van der Waals surface area contributed by atoms with Crippen LogP contribution in [-0.2, 0) is 11.8 Å². The SMILES string of the molecule is CCc1cc2ccncc2cc1C(C)(C)C. The fraction of sp³-hybridized carbons (Fsp3) is 0.400. The van der Waals surface area contributed by atoms with Crippen LogP contribution >= 0.6 is 0 Å². The van der Waals surface area contributed by atoms with Crippen LogP contribution < -0.4 is 0 Å². The lowest BCUT2D eigenvalue weighted by Crippen LogP contribution is -2.14. The van der Waals surface area contributed by atoms with Gasteiger partial charge in [0.2, 0.25) is 0 Å². The third kappa shape index (κ3) is 1.95. The van der Waals surface area contributed by atoms with Crippen LogP contribution in [0.3, 0.4) is 0 Å². The Morgan fingerprint density at radius 3 is 2.50 bits per heavy atom. The van der Waals surface area contributed by atoms with Crippen LogP contribution in [-0.4, -0.2) is 4.98 Å². The summed E-state index contributed by atoms with van der Waals surface area (Å²) in [5.74, 6) is 0. The molecule has 0 saturated carbocycles. The minimum absolute atomic E-state index is 0.204. The van der Waals surface area contributed by atoms with Crippen LogP contribution in [0.1, 0.15) is 38.8 Å². The topological polar surface area (TPSA) is 12.9 Å². The highest BCUT2D eigenvalue weighted by atomic mass is 14.6. The van der Waals surface area contributed by atoms with Crippen molar-refractivity contribution < 1.29 is 0 Å². The molecule has 1 nitrogen and oxygen atoms in total. The van der Waals surface area contributed by atoms with Gasteiger partial charge in [0.1, 0.15) is 0 Å². The van der Waals surface area contributed by atoms with E-state index in [4.69, 9.17) is 0 Å². The van der Waals surface area contributed by atoms with Crippen LogP contribution in [0.25, 0.3) is 10.8 Å². The predicted molar refractivity (Wildman–Crippen MR) is 69.8 cm³/mol. The summed E-state index contributed by atoms with van der Waals surface area (Å²) >= 11 is 0. The molecule has 0 N–H and O–H groups in total. The number of aryl methyl sites for hydroxylation is 1. The monoisotopic (exact) mass is 213 g/mol. The van der Waals surface area contributed by atoms with Crippen molar-refractivity contribution in [1.82, 2.24) is 4.98 Å². The van der Waals surface area contributed by atoms with E-state index in [1.165, 1.54) is 21.9 Å². The molecule has 0 aliphatic carbocycles. The Balaban J connectivity index is 2.73. The van der Waals surface area contributed by atoms with Crippen molar-refractivity contribution in [2.24, 2.45) is 0 Å². The molecule has 0 bridgehead atoms. The van der Waals surface area contributed by atoms with Crippen molar-refractivity contribution in [3.8, 4) is 0 Å². The van der Waals surface area contributed by atoms with E-state index in [9.17, 15) is 0 Å². The molecule has 1 heteroatoms. The summed E-state index contributed by atoms with van der Waals surface area (Å²) in [4.78, 5) is 4.19. The van der Waals surface area contributed by atoms with E-state index in [1.54, 1.807) is 0 Å². The van der Waals surface area contributed by atoms with Crippen molar-refractivity contribution >= 4 is 10.8 Å². The van der Waals surface area contributed by atoms with Gasteiger partial charge >= 0.3 is 0 Å². The summed E-state index contributed by atoms with van der Waals surface area (Å²) in [6, 6.07) is 6.68. The summed E-state index contributed by atoms with van der Waals surface area (Å²) in [5, 5.41) is 2.53. The van der Waals surface area contributed by atoms with E-state index in [2.05, 4.69) is 50.9 Å². The molecule has 2 aromatic rings. The zero-order valence-electron chi connectivity index (χ0n) is 10.5. The smallest absolute Gasteiger partial charge is 0.0346 e. The zero-order chi connectivity index (χ0) is 11.8. The molecule has 0 unspecified atom stereocenters. The van der Waals surface area contributed by atoms with E-state index in [1.807, 2.05) is 12.4 Å². The van der Waals surface area contributed by atoms with Crippen LogP contribution in [0.4, 0.5) is 0 Å². The molecule has 0 atom stereocenters. The molecule has 0 amide bonds. The van der Waals surface area contributed by atoms with Gasteiger partial charge in [0, 0.05) is 17.8 Å². The Morgan fingerprint density at radius 2 is 1.88 bits per heavy atom. The van der Waals surface area contributed by atoms with Gasteiger partial charge in [-0.3, -0.25) is 4.98 Å². The van der Waals surface area contributed by atoms with E-state index in [-0.39, 0.29) is 5.41 Å². The standard InChI is InChI=1S/C15H19N/c1-5-11-8-12-6-7-16-10-13(12)9-14(11)15(2,3)4/h6-10H,5H2,1-4H3. The Morgan fingerprint density at radius 1 is 1.12 bits per heavy atom. The summed E-state index contributed by atoms with van der Waals surface area (Å²) in [7, 11) is 0. The van der Waals surface area contributed by atoms with Gasteiger partial charge in [0.15, 0.2) is 0 Å². The molecule has 0 radical (unpaired) electrons. The van der Waals surface area contributed by atoms with Crippen LogP contribution in [0, 0.1) is 0 Å². The van der Waals surface area contributed by atoms with Gasteiger partial charge < -0.3 is 0 Å². The second-order valence-corrected chi connectivity index (χ2v) is 5.34. The van der Waals surface area contributed by atoms with E-state index in [0.29, 0.717) is 0 Å². The first-order valence-electron chi connectivity index (χ1n) is 5.89. The predicted octanol–water partition coefficient (Wildman–Crippen LogP) is 4.09. The molecule has 1 aromatic carbocycles. The van der Waals surface area contributed by atoms with E-state index >= 15 is 0 Å². The summed E-state index contributed by atoms with van der Waals surface area (Å²) in [5.41, 5.74) is 3.09. The third-order valence-electron chi connectivity index (χ3n) is 3.05. The van der Waals surface area contributed by atoms with Crippen molar-refractivity contribution in [3.05, 3.63) is 41.7 Å². The van der Waals surface area contributed by atoms with Gasteiger partial charge in [0.05, 0.1) is 0 Å². The highest BCUT2D eigenvalue weighted by molar-refractivity contribution is 5.83. The average molecular weight is 213 g/mol. The number of pyridine rings is 1. The first-order valence-corrected chi connectivity index (χ1v) is 5.89. The highest BCUT2D eigenvalue weighted by Gasteiger charge is 2.17. The second-order valence-electron chi connectivity index (χ2n) is 5.34. The number of benzene rings is 1. The van der Waals surface area contributed by atoms with E-state index in [0.717, 1.165) is 6.42 Å². The molecule has 84 valence electrons. The quantitative estimate of drug-likeness (QED) is 0.695. The highest BCUT2D eigenvalue weighted by Crippen LogP contribution is 2.29. The molecule has 0 fully saturated rings. The molecular weight excluding hydrogens is 194 g/mol. The largest absolute Gasteiger partial charge is 0.264 e. The second kappa shape index (κ2) is 3.89. The maximum atomic E-state index is 4.19. The molecule has 0 aliphatic heterocycles. The summed E-state index contributed by atoms with van der Waals surface area (Å²) in [6.07, 6.45) is 4.90. The Bertz CT molecular complexity index is 506. The molecule has 16 heavy (non-hydrogen) atoms. The summed E-state index contributed by atoms with van der Waals surface area (Å²) in [6.45, 7) is 9.02. The van der Waals surface area contributed by atoms with Gasteiger partial charge in [-0.05, 0) is 40.5 Å². The van der Waals surface area contributed by atoms with Crippen molar-refractivity contribution in [3.63, 3.8) is 0 Å². The fourth-order valence-corrected chi connectivity index (χ4v) is 2.17. The first-order chi connectivity index (χ1) is 7.52. The number of hydrogen-bond donors (Lipinski definition) is 0. The van der Waals surface area contributed by atoms with Gasteiger partial charge in [-0.25, -0.2) is 0 Å². The lowest BCUT2D eigenvalue weighted by atomic mass is 9.82. The Kier molecular flexibility index (Phi) is 2.71. The van der Waals surface area contributed by atoms with E-state index < -0.39 is 0 Å². The summed E-state index contributed by atoms with van der Waals surface area (Å²) < 4.78 is 0. The number of fused-ring (bicyclic) bond motifs is 1. The van der Waals surface area contributed by atoms with Gasteiger partial charge in [-0.2, -0.15) is 0 Å². The first kappa shape index (κ1) is 11.1. The van der Waals surface area contributed by atoms with Crippen LogP contribution in [0.5, 0.6) is 0 Å². The van der Waals surface area contributed by atoms with Crippen molar-refractivity contribution in [2.75, 3.05) is 0 Å². The minimum Gasteiger partial charge on any atom is -0.264 e. The fourth-order valence-electron chi connectivity index (χ4n) is 2.17. The van der Waals surface area contributed by atoms with Crippen LogP contribution in [0.15, 0.2) is 30.6 Å². The Labute approximate surface area is 97.5 Å². The zero-order valence-corrected chi connectivity index (χ0v) is 10.5. The van der Waals surface area contributed by atoms with Crippen molar-refractivity contribution in [1.29, 1.82) is 0 Å². The van der Waals surface area contributed by atoms with Gasteiger partial charge in [-0.15, -0.1) is 0 Å². The van der Waals surface area contributed by atoms with Gasteiger partial charge in [-0.1, -0.05) is 33.8 Å². The lowest BCUT2D eigenvalue weighted by molar-refractivity contribution is 0.584. The maximum Gasteiger partial charge on any atom is 0.0346 e. The number of hydrogen-bond acceptors (Lipinski definition) is 1. The normalized spacial score (nSPS) is 12.0. The molecule has 0 saturated heterocycles. The minimum atomic E-state index is 0.204. The number of nitrogens with zero attached hydrogens (tertiary/aromatic N) is 1. The maximum absolute atomic E-state index is 4.19. The van der Waals surface area contributed by atoms with Crippen molar-refractivity contribution in [2.45, 2.75) is 39.5 Å². The van der Waals surface area contributed by atoms with Gasteiger partial charge in [0.25, 0.3) is 0 Å². The van der Waals surface area contributed by atoms with Crippen LogP contribution in [0.2, 0.25) is 0 Å². The molecule has 0 aliphatic rings. The molecular formula is C15H19N. The number of aromatic nitrogens is 1. The molecule has 2 rings (SSSR count).